The van der Waals surface area contributed by atoms with Crippen molar-refractivity contribution in [3.05, 3.63) is 12.2 Å². The largest absolute Gasteiger partial charge is 0.393 e. The van der Waals surface area contributed by atoms with Crippen LogP contribution in [-0.2, 0) is 0 Å². The van der Waals surface area contributed by atoms with Crippen LogP contribution in [0.4, 0.5) is 0 Å². The van der Waals surface area contributed by atoms with Crippen LogP contribution in [0, 0.1) is 35.0 Å². The smallest absolute Gasteiger partial charge is 0.0573 e. The third-order valence-corrected chi connectivity index (χ3v) is 6.57. The average molecular weight is 278 g/mol. The molecule has 1 heteroatoms. The van der Waals surface area contributed by atoms with Crippen molar-refractivity contribution in [2.24, 2.45) is 35.0 Å². The SMILES string of the molecule is CC(C)[C@@H](C)/C=C/[C@@H](C)[C@H]1CC[C@@H]2[C@@H](O)CCC[C@]12C. The zero-order valence-electron chi connectivity index (χ0n) is 14.1. The summed E-state index contributed by atoms with van der Waals surface area (Å²) in [6.07, 6.45) is 10.9. The van der Waals surface area contributed by atoms with E-state index in [1.807, 2.05) is 0 Å². The average Bonchev–Trinajstić information content (AvgIpc) is 2.74. The van der Waals surface area contributed by atoms with Gasteiger partial charge < -0.3 is 5.11 Å². The normalized spacial score (nSPS) is 41.0. The molecule has 1 nitrogen and oxygen atoms in total. The highest BCUT2D eigenvalue weighted by atomic mass is 16.3. The predicted octanol–water partition coefficient (Wildman–Crippen LogP) is 5.05. The molecule has 6 atom stereocenters. The minimum absolute atomic E-state index is 0.0375. The van der Waals surface area contributed by atoms with Crippen LogP contribution >= 0.6 is 0 Å². The van der Waals surface area contributed by atoms with Crippen LogP contribution in [0.25, 0.3) is 0 Å². The first-order valence-electron chi connectivity index (χ1n) is 8.72. The maximum Gasteiger partial charge on any atom is 0.0573 e. The number of aliphatic hydroxyl groups is 1. The number of allylic oxidation sites excluding steroid dienone is 2. The summed E-state index contributed by atoms with van der Waals surface area (Å²) >= 11 is 0. The molecule has 0 radical (unpaired) electrons. The van der Waals surface area contributed by atoms with Crippen LogP contribution < -0.4 is 0 Å². The van der Waals surface area contributed by atoms with Crippen LogP contribution in [0.5, 0.6) is 0 Å². The van der Waals surface area contributed by atoms with Gasteiger partial charge in [0.05, 0.1) is 6.10 Å². The number of rotatable bonds is 4. The summed E-state index contributed by atoms with van der Waals surface area (Å²) in [5, 5.41) is 10.3. The number of aliphatic hydroxyl groups excluding tert-OH is 1. The Bertz CT molecular complexity index is 346. The van der Waals surface area contributed by atoms with E-state index in [-0.39, 0.29) is 6.10 Å². The van der Waals surface area contributed by atoms with E-state index < -0.39 is 0 Å². The zero-order chi connectivity index (χ0) is 14.9. The van der Waals surface area contributed by atoms with Crippen LogP contribution in [0.2, 0.25) is 0 Å². The van der Waals surface area contributed by atoms with E-state index in [9.17, 15) is 5.11 Å². The molecule has 20 heavy (non-hydrogen) atoms. The summed E-state index contributed by atoms with van der Waals surface area (Å²) in [6.45, 7) is 11.8. The van der Waals surface area contributed by atoms with Crippen LogP contribution in [0.15, 0.2) is 12.2 Å². The molecule has 1 N–H and O–H groups in total. The van der Waals surface area contributed by atoms with Crippen LogP contribution in [-0.4, -0.2) is 11.2 Å². The lowest BCUT2D eigenvalue weighted by molar-refractivity contribution is -0.0231. The van der Waals surface area contributed by atoms with Gasteiger partial charge in [-0.05, 0) is 60.7 Å². The van der Waals surface area contributed by atoms with Gasteiger partial charge in [-0.1, -0.05) is 53.2 Å². The van der Waals surface area contributed by atoms with Gasteiger partial charge in [0.15, 0.2) is 0 Å². The number of hydrogen-bond donors (Lipinski definition) is 1. The monoisotopic (exact) mass is 278 g/mol. The van der Waals surface area contributed by atoms with Gasteiger partial charge in [-0.2, -0.15) is 0 Å². The molecule has 0 unspecified atom stereocenters. The van der Waals surface area contributed by atoms with E-state index in [2.05, 4.69) is 46.8 Å². The van der Waals surface area contributed by atoms with E-state index in [0.29, 0.717) is 23.2 Å². The summed E-state index contributed by atoms with van der Waals surface area (Å²) in [4.78, 5) is 0. The van der Waals surface area contributed by atoms with Gasteiger partial charge in [-0.3, -0.25) is 0 Å². The van der Waals surface area contributed by atoms with Gasteiger partial charge in [0.25, 0.3) is 0 Å². The van der Waals surface area contributed by atoms with E-state index in [4.69, 9.17) is 0 Å². The zero-order valence-corrected chi connectivity index (χ0v) is 14.1. The minimum Gasteiger partial charge on any atom is -0.393 e. The Morgan fingerprint density at radius 1 is 1.05 bits per heavy atom. The first kappa shape index (κ1) is 16.1. The van der Waals surface area contributed by atoms with E-state index in [1.165, 1.54) is 25.7 Å². The molecule has 2 rings (SSSR count). The Hall–Kier alpha value is -0.300. The van der Waals surface area contributed by atoms with E-state index in [0.717, 1.165) is 18.3 Å². The van der Waals surface area contributed by atoms with Crippen molar-refractivity contribution in [3.63, 3.8) is 0 Å². The third kappa shape index (κ3) is 2.98. The Balaban J connectivity index is 2.05. The van der Waals surface area contributed by atoms with Crippen molar-refractivity contribution in [1.82, 2.24) is 0 Å². The molecular weight excluding hydrogens is 244 g/mol. The molecule has 0 aromatic rings. The van der Waals surface area contributed by atoms with Crippen LogP contribution in [0.3, 0.4) is 0 Å². The van der Waals surface area contributed by atoms with Gasteiger partial charge in [-0.15, -0.1) is 0 Å². The highest BCUT2D eigenvalue weighted by Crippen LogP contribution is 2.57. The highest BCUT2D eigenvalue weighted by molar-refractivity contribution is 5.05. The Labute approximate surface area is 125 Å². The molecule has 0 bridgehead atoms. The van der Waals surface area contributed by atoms with Crippen molar-refractivity contribution >= 4 is 0 Å². The summed E-state index contributed by atoms with van der Waals surface area (Å²) in [7, 11) is 0. The quantitative estimate of drug-likeness (QED) is 0.714. The number of fused-ring (bicyclic) bond motifs is 1. The van der Waals surface area contributed by atoms with Crippen molar-refractivity contribution < 1.29 is 5.11 Å². The number of hydrogen-bond acceptors (Lipinski definition) is 1. The van der Waals surface area contributed by atoms with Crippen molar-refractivity contribution in [2.75, 3.05) is 0 Å². The molecule has 0 aromatic heterocycles. The van der Waals surface area contributed by atoms with Gasteiger partial charge in [-0.25, -0.2) is 0 Å². The second-order valence-corrected chi connectivity index (χ2v) is 8.10. The fraction of sp³-hybridized carbons (Fsp3) is 0.895. The third-order valence-electron chi connectivity index (χ3n) is 6.57. The Morgan fingerprint density at radius 3 is 2.40 bits per heavy atom. The van der Waals surface area contributed by atoms with Crippen molar-refractivity contribution in [3.8, 4) is 0 Å². The molecule has 2 fully saturated rings. The molecule has 0 aromatic carbocycles. The standard InChI is InChI=1S/C19H34O/c1-13(2)14(3)8-9-15(4)16-10-11-17-18(20)7-6-12-19(16,17)5/h8-9,13-18,20H,6-7,10-12H2,1-5H3/b9-8+/t14-,15+,16+,17+,18-,19+/m0/s1. The molecule has 0 spiro atoms. The molecule has 2 saturated carbocycles. The highest BCUT2D eigenvalue weighted by Gasteiger charge is 2.51. The lowest BCUT2D eigenvalue weighted by Crippen LogP contribution is -2.41. The fourth-order valence-electron chi connectivity index (χ4n) is 4.76. The summed E-state index contributed by atoms with van der Waals surface area (Å²) < 4.78 is 0. The molecule has 0 amide bonds. The lowest BCUT2D eigenvalue weighted by atomic mass is 9.62. The van der Waals surface area contributed by atoms with Gasteiger partial charge in [0.1, 0.15) is 0 Å². The van der Waals surface area contributed by atoms with Gasteiger partial charge >= 0.3 is 0 Å². The molecular formula is C19H34O. The van der Waals surface area contributed by atoms with Gasteiger partial charge in [0.2, 0.25) is 0 Å². The summed E-state index contributed by atoms with van der Waals surface area (Å²) in [5.41, 5.74) is 0.377. The first-order valence-corrected chi connectivity index (χ1v) is 8.72. The topological polar surface area (TPSA) is 20.2 Å². The molecule has 0 saturated heterocycles. The first-order chi connectivity index (χ1) is 9.36. The van der Waals surface area contributed by atoms with E-state index in [1.54, 1.807) is 0 Å². The second kappa shape index (κ2) is 6.22. The van der Waals surface area contributed by atoms with Crippen LogP contribution in [0.1, 0.15) is 66.7 Å². The molecule has 0 heterocycles. The maximum atomic E-state index is 10.3. The summed E-state index contributed by atoms with van der Waals surface area (Å²) in [6, 6.07) is 0. The molecule has 2 aliphatic rings. The fourth-order valence-corrected chi connectivity index (χ4v) is 4.76. The Morgan fingerprint density at radius 2 is 1.75 bits per heavy atom. The van der Waals surface area contributed by atoms with E-state index >= 15 is 0 Å². The molecule has 0 aliphatic heterocycles. The predicted molar refractivity (Wildman–Crippen MR) is 86.5 cm³/mol. The molecule has 2 aliphatic carbocycles. The Kier molecular flexibility index (Phi) is 5.00. The second-order valence-electron chi connectivity index (χ2n) is 8.10. The molecule has 116 valence electrons. The van der Waals surface area contributed by atoms with Crippen molar-refractivity contribution in [1.29, 1.82) is 0 Å². The minimum atomic E-state index is -0.0375. The van der Waals surface area contributed by atoms with Crippen molar-refractivity contribution in [2.45, 2.75) is 72.8 Å². The maximum absolute atomic E-state index is 10.3. The lowest BCUT2D eigenvalue weighted by Gasteiger charge is -2.44. The summed E-state index contributed by atoms with van der Waals surface area (Å²) in [5.74, 6) is 3.36. The van der Waals surface area contributed by atoms with Gasteiger partial charge in [0, 0.05) is 0 Å².